The summed E-state index contributed by atoms with van der Waals surface area (Å²) in [6.07, 6.45) is 0.428. The number of hydrogen-bond donors (Lipinski definition) is 3. The number of carbonyl (C=O) groups excluding carboxylic acids is 2. The van der Waals surface area contributed by atoms with Crippen LogP contribution in [0.15, 0.2) is 18.2 Å². The number of hydrogen-bond acceptors (Lipinski definition) is 4. The fourth-order valence-electron chi connectivity index (χ4n) is 4.18. The Kier molecular flexibility index (Phi) is 7.63. The van der Waals surface area contributed by atoms with E-state index in [1.54, 1.807) is 22.9 Å². The van der Waals surface area contributed by atoms with E-state index in [0.29, 0.717) is 35.3 Å². The van der Waals surface area contributed by atoms with Crippen molar-refractivity contribution in [3.05, 3.63) is 28.9 Å². The Hall–Kier alpha value is -2.26. The largest absolute Gasteiger partial charge is 0.395 e. The molecule has 2 amide bonds. The summed E-state index contributed by atoms with van der Waals surface area (Å²) in [6.45, 7) is 5.71. The first-order valence-corrected chi connectivity index (χ1v) is 11.5. The zero-order valence-corrected chi connectivity index (χ0v) is 19.9. The van der Waals surface area contributed by atoms with Crippen LogP contribution in [-0.2, 0) is 11.3 Å². The maximum absolute atomic E-state index is 13.6. The minimum Gasteiger partial charge on any atom is -0.395 e. The third-order valence-corrected chi connectivity index (χ3v) is 6.32. The third kappa shape index (κ3) is 6.00. The molecule has 7 nitrogen and oxygen atoms in total. The van der Waals surface area contributed by atoms with Crippen molar-refractivity contribution in [3.63, 3.8) is 0 Å². The highest BCUT2D eigenvalue weighted by Gasteiger charge is 2.36. The van der Waals surface area contributed by atoms with Crippen LogP contribution < -0.4 is 10.6 Å². The number of aliphatic hydroxyl groups excluding tert-OH is 1. The van der Waals surface area contributed by atoms with Crippen LogP contribution in [0.2, 0.25) is 5.02 Å². The van der Waals surface area contributed by atoms with Gasteiger partial charge in [0, 0.05) is 31.3 Å². The predicted octanol–water partition coefficient (Wildman–Crippen LogP) is 3.77. The van der Waals surface area contributed by atoms with Crippen molar-refractivity contribution < 1.29 is 23.5 Å². The average molecular weight is 485 g/mol. The minimum atomic E-state index is -2.62. The normalized spacial score (nSPS) is 17.7. The molecule has 3 N–H and O–H groups in total. The van der Waals surface area contributed by atoms with Crippen molar-refractivity contribution in [1.82, 2.24) is 20.4 Å². The molecule has 0 saturated heterocycles. The van der Waals surface area contributed by atoms with Crippen molar-refractivity contribution in [2.75, 3.05) is 13.2 Å². The van der Waals surface area contributed by atoms with E-state index in [4.69, 9.17) is 16.7 Å². The van der Waals surface area contributed by atoms with E-state index in [2.05, 4.69) is 15.7 Å². The molecule has 1 aromatic carbocycles. The quantitative estimate of drug-likeness (QED) is 0.557. The van der Waals surface area contributed by atoms with Crippen molar-refractivity contribution in [2.24, 2.45) is 11.3 Å². The lowest BCUT2D eigenvalue weighted by Gasteiger charge is -2.30. The molecule has 1 unspecified atom stereocenters. The van der Waals surface area contributed by atoms with Crippen molar-refractivity contribution >= 4 is 34.3 Å². The monoisotopic (exact) mass is 484 g/mol. The first kappa shape index (κ1) is 25.4. The van der Waals surface area contributed by atoms with Gasteiger partial charge in [-0.2, -0.15) is 5.10 Å². The number of rotatable bonds is 7. The van der Waals surface area contributed by atoms with Gasteiger partial charge in [0.05, 0.1) is 17.1 Å². The molecule has 10 heteroatoms. The van der Waals surface area contributed by atoms with Gasteiger partial charge in [-0.1, -0.05) is 44.5 Å². The molecule has 1 fully saturated rings. The number of nitrogens with zero attached hydrogens (tertiary/aromatic N) is 2. The van der Waals surface area contributed by atoms with Gasteiger partial charge in [-0.25, -0.2) is 8.78 Å². The zero-order valence-electron chi connectivity index (χ0n) is 19.1. The van der Waals surface area contributed by atoms with Gasteiger partial charge >= 0.3 is 0 Å². The van der Waals surface area contributed by atoms with Gasteiger partial charge in [0.25, 0.3) is 5.91 Å². The summed E-state index contributed by atoms with van der Waals surface area (Å²) in [5.74, 6) is -3.55. The summed E-state index contributed by atoms with van der Waals surface area (Å²) in [5, 5.41) is 19.8. The van der Waals surface area contributed by atoms with Crippen molar-refractivity contribution in [2.45, 2.75) is 65.0 Å². The molecular weight excluding hydrogens is 454 g/mol. The van der Waals surface area contributed by atoms with Crippen LogP contribution in [0.1, 0.15) is 56.9 Å². The second-order valence-electron chi connectivity index (χ2n) is 9.75. The highest BCUT2D eigenvalue weighted by atomic mass is 35.5. The summed E-state index contributed by atoms with van der Waals surface area (Å²) in [6, 6.07) is 4.27. The molecule has 0 aliphatic heterocycles. The van der Waals surface area contributed by atoms with E-state index in [1.807, 2.05) is 20.8 Å². The lowest BCUT2D eigenvalue weighted by atomic mass is 9.86. The molecule has 0 bridgehead atoms. The summed E-state index contributed by atoms with van der Waals surface area (Å²) in [4.78, 5) is 25.8. The molecule has 1 aliphatic rings. The Morgan fingerprint density at radius 3 is 2.58 bits per heavy atom. The van der Waals surface area contributed by atoms with E-state index >= 15 is 0 Å². The smallest absolute Gasteiger partial charge is 0.273 e. The molecule has 33 heavy (non-hydrogen) atoms. The van der Waals surface area contributed by atoms with Crippen LogP contribution >= 0.6 is 11.6 Å². The Morgan fingerprint density at radius 1 is 1.30 bits per heavy atom. The number of aliphatic hydroxyl groups is 1. The van der Waals surface area contributed by atoms with Crippen molar-refractivity contribution in [3.8, 4) is 0 Å². The van der Waals surface area contributed by atoms with Gasteiger partial charge in [0.2, 0.25) is 11.8 Å². The molecule has 3 rings (SSSR count). The third-order valence-electron chi connectivity index (χ3n) is 6.02. The number of benzene rings is 1. The van der Waals surface area contributed by atoms with Gasteiger partial charge in [-0.05, 0) is 30.2 Å². The molecule has 1 aromatic heterocycles. The molecule has 1 atom stereocenters. The number of amides is 2. The van der Waals surface area contributed by atoms with E-state index < -0.39 is 29.2 Å². The van der Waals surface area contributed by atoms with Gasteiger partial charge in [-0.15, -0.1) is 0 Å². The van der Waals surface area contributed by atoms with Crippen LogP contribution in [0.25, 0.3) is 10.9 Å². The van der Waals surface area contributed by atoms with E-state index in [0.717, 1.165) is 0 Å². The fourth-order valence-corrected chi connectivity index (χ4v) is 4.45. The highest BCUT2D eigenvalue weighted by Crippen LogP contribution is 2.37. The Morgan fingerprint density at radius 2 is 1.97 bits per heavy atom. The van der Waals surface area contributed by atoms with Crippen LogP contribution in [-0.4, -0.2) is 51.8 Å². The average Bonchev–Trinajstić information content (AvgIpc) is 3.10. The van der Waals surface area contributed by atoms with Crippen molar-refractivity contribution in [1.29, 1.82) is 0 Å². The number of halogens is 3. The summed E-state index contributed by atoms with van der Waals surface area (Å²) in [7, 11) is 0. The number of fused-ring (bicyclic) bond motifs is 1. The lowest BCUT2D eigenvalue weighted by molar-refractivity contribution is -0.125. The SMILES string of the molecule is CC(C)(C)C(NC(=O)c1nn(CC2CCC(F)(F)CC2)c2c(Cl)cccc12)C(=O)NCCO. The van der Waals surface area contributed by atoms with Crippen LogP contribution in [0.3, 0.4) is 0 Å². The Labute approximate surface area is 196 Å². The maximum atomic E-state index is 13.6. The topological polar surface area (TPSA) is 96.2 Å². The molecule has 2 aromatic rings. The highest BCUT2D eigenvalue weighted by molar-refractivity contribution is 6.35. The van der Waals surface area contributed by atoms with E-state index in [-0.39, 0.29) is 37.6 Å². The second kappa shape index (κ2) is 9.93. The van der Waals surface area contributed by atoms with Crippen LogP contribution in [0, 0.1) is 11.3 Å². The number of aromatic nitrogens is 2. The van der Waals surface area contributed by atoms with Crippen LogP contribution in [0.5, 0.6) is 0 Å². The summed E-state index contributed by atoms with van der Waals surface area (Å²) >= 11 is 6.43. The summed E-state index contributed by atoms with van der Waals surface area (Å²) < 4.78 is 28.7. The van der Waals surface area contributed by atoms with E-state index in [1.165, 1.54) is 0 Å². The van der Waals surface area contributed by atoms with Crippen LogP contribution in [0.4, 0.5) is 8.78 Å². The van der Waals surface area contributed by atoms with Gasteiger partial charge < -0.3 is 15.7 Å². The molecular formula is C23H31ClF2N4O3. The summed E-state index contributed by atoms with van der Waals surface area (Å²) in [5.41, 5.74) is 0.0926. The lowest BCUT2D eigenvalue weighted by Crippen LogP contribution is -2.54. The molecule has 0 radical (unpaired) electrons. The second-order valence-corrected chi connectivity index (χ2v) is 10.2. The zero-order chi connectivity index (χ0) is 24.4. The van der Waals surface area contributed by atoms with Gasteiger partial charge in [0.1, 0.15) is 6.04 Å². The first-order chi connectivity index (χ1) is 15.4. The number of nitrogens with one attached hydrogen (secondary N) is 2. The standard InChI is InChI=1S/C23H31ClF2N4O3/c1-22(2,3)19(21(33)27-11-12-31)28-20(32)17-15-5-4-6-16(24)18(15)30(29-17)13-14-7-9-23(25,26)10-8-14/h4-6,14,19,31H,7-13H2,1-3H3,(H,27,33)(H,28,32). The predicted molar refractivity (Wildman–Crippen MR) is 122 cm³/mol. The molecule has 182 valence electrons. The number of para-hydroxylation sites is 1. The first-order valence-electron chi connectivity index (χ1n) is 11.2. The maximum Gasteiger partial charge on any atom is 0.273 e. The van der Waals surface area contributed by atoms with Gasteiger partial charge in [-0.3, -0.25) is 14.3 Å². The molecule has 1 saturated carbocycles. The molecule has 1 aliphatic carbocycles. The number of alkyl halides is 2. The fraction of sp³-hybridized carbons (Fsp3) is 0.609. The minimum absolute atomic E-state index is 0.00601. The molecule has 1 heterocycles. The van der Waals surface area contributed by atoms with Gasteiger partial charge in [0.15, 0.2) is 5.69 Å². The Bertz CT molecular complexity index is 1010. The van der Waals surface area contributed by atoms with E-state index in [9.17, 15) is 18.4 Å². The molecule has 0 spiro atoms. The Balaban J connectivity index is 1.89. The number of carbonyl (C=O) groups is 2.